The Labute approximate surface area is 225 Å². The number of carbonyl (C=O) groups excluding carboxylic acids is 2. The van der Waals surface area contributed by atoms with E-state index in [2.05, 4.69) is 44.6 Å². The smallest absolute Gasteiger partial charge is 0.319 e. The largest absolute Gasteiger partial charge is 0.397 e. The Morgan fingerprint density at radius 3 is 2.26 bits per heavy atom. The van der Waals surface area contributed by atoms with Gasteiger partial charge in [0.25, 0.3) is 5.91 Å². The standard InChI is InChI=1S/C29H39N7O2/c1-5-36(6-2)23-16-14-22(15-17-23)32-29(38)34-25(12-9-19-35(3)4)21-13-18-27(31-20-21)28(37)33-26-11-8-7-10-24(26)30/h7-8,10-11,13-18,20,25H,5-6,9,12,19,30H2,1-4H3,(H,33,37)(H2,32,34,38). The molecule has 0 saturated carbocycles. The number of anilines is 4. The Morgan fingerprint density at radius 1 is 0.947 bits per heavy atom. The predicted molar refractivity (Wildman–Crippen MR) is 156 cm³/mol. The summed E-state index contributed by atoms with van der Waals surface area (Å²) in [6, 6.07) is 17.8. The third kappa shape index (κ3) is 8.21. The van der Waals surface area contributed by atoms with Crippen molar-refractivity contribution in [2.24, 2.45) is 0 Å². The van der Waals surface area contributed by atoms with E-state index in [0.717, 1.165) is 49.4 Å². The Balaban J connectivity index is 1.68. The first-order chi connectivity index (χ1) is 18.3. The van der Waals surface area contributed by atoms with Crippen molar-refractivity contribution in [1.82, 2.24) is 15.2 Å². The molecular formula is C29H39N7O2. The van der Waals surface area contributed by atoms with E-state index in [0.29, 0.717) is 11.4 Å². The number of urea groups is 1. The van der Waals surface area contributed by atoms with E-state index in [1.54, 1.807) is 36.5 Å². The number of rotatable bonds is 12. The van der Waals surface area contributed by atoms with Crippen LogP contribution >= 0.6 is 0 Å². The number of nitrogens with zero attached hydrogens (tertiary/aromatic N) is 3. The van der Waals surface area contributed by atoms with Gasteiger partial charge in [-0.25, -0.2) is 4.79 Å². The monoisotopic (exact) mass is 517 g/mol. The van der Waals surface area contributed by atoms with Crippen molar-refractivity contribution in [1.29, 1.82) is 0 Å². The lowest BCUT2D eigenvalue weighted by atomic mass is 10.0. The summed E-state index contributed by atoms with van der Waals surface area (Å²) in [6.07, 6.45) is 3.25. The van der Waals surface area contributed by atoms with Crippen LogP contribution in [0.5, 0.6) is 0 Å². The summed E-state index contributed by atoms with van der Waals surface area (Å²) in [5.41, 5.74) is 9.87. The molecule has 1 atom stereocenters. The van der Waals surface area contributed by atoms with Gasteiger partial charge in [0, 0.05) is 30.7 Å². The molecule has 0 aliphatic rings. The highest BCUT2D eigenvalue weighted by atomic mass is 16.2. The predicted octanol–water partition coefficient (Wildman–Crippen LogP) is 4.97. The molecule has 9 nitrogen and oxygen atoms in total. The van der Waals surface area contributed by atoms with Gasteiger partial charge >= 0.3 is 6.03 Å². The highest BCUT2D eigenvalue weighted by Gasteiger charge is 2.17. The molecule has 0 radical (unpaired) electrons. The summed E-state index contributed by atoms with van der Waals surface area (Å²) in [5.74, 6) is -0.350. The second-order valence-electron chi connectivity index (χ2n) is 9.33. The number of amides is 3. The maximum absolute atomic E-state index is 12.9. The normalized spacial score (nSPS) is 11.6. The van der Waals surface area contributed by atoms with Gasteiger partial charge in [-0.2, -0.15) is 0 Å². The van der Waals surface area contributed by atoms with Crippen LogP contribution in [-0.2, 0) is 0 Å². The number of nitrogens with one attached hydrogen (secondary N) is 3. The van der Waals surface area contributed by atoms with Crippen LogP contribution in [0.3, 0.4) is 0 Å². The number of benzene rings is 2. The van der Waals surface area contributed by atoms with Gasteiger partial charge < -0.3 is 31.5 Å². The van der Waals surface area contributed by atoms with Crippen molar-refractivity contribution in [2.75, 3.05) is 55.0 Å². The fraction of sp³-hybridized carbons (Fsp3) is 0.345. The van der Waals surface area contributed by atoms with Crippen LogP contribution in [-0.4, -0.2) is 55.6 Å². The number of hydrogen-bond donors (Lipinski definition) is 4. The summed E-state index contributed by atoms with van der Waals surface area (Å²) in [7, 11) is 4.04. The summed E-state index contributed by atoms with van der Waals surface area (Å²) < 4.78 is 0. The molecule has 3 aromatic rings. The summed E-state index contributed by atoms with van der Waals surface area (Å²) in [5, 5.41) is 8.79. The molecule has 2 aromatic carbocycles. The van der Waals surface area contributed by atoms with Gasteiger partial charge in [0.15, 0.2) is 0 Å². The number of hydrogen-bond acceptors (Lipinski definition) is 6. The molecule has 5 N–H and O–H groups in total. The van der Waals surface area contributed by atoms with Gasteiger partial charge in [-0.15, -0.1) is 0 Å². The number of nitrogens with two attached hydrogens (primary N) is 1. The minimum atomic E-state index is -0.350. The van der Waals surface area contributed by atoms with E-state index in [1.165, 1.54) is 0 Å². The van der Waals surface area contributed by atoms with Crippen molar-refractivity contribution in [3.05, 3.63) is 78.1 Å². The van der Waals surface area contributed by atoms with Gasteiger partial charge in [0.1, 0.15) is 5.69 Å². The molecule has 3 rings (SSSR count). The molecule has 202 valence electrons. The van der Waals surface area contributed by atoms with E-state index in [-0.39, 0.29) is 23.7 Å². The molecular weight excluding hydrogens is 478 g/mol. The summed E-state index contributed by atoms with van der Waals surface area (Å²) in [6.45, 7) is 6.97. The fourth-order valence-electron chi connectivity index (χ4n) is 4.15. The molecule has 3 amide bonds. The van der Waals surface area contributed by atoms with E-state index >= 15 is 0 Å². The Bertz CT molecular complexity index is 1180. The topological polar surface area (TPSA) is 116 Å². The maximum Gasteiger partial charge on any atom is 0.319 e. The maximum atomic E-state index is 12.9. The lowest BCUT2D eigenvalue weighted by Gasteiger charge is -2.22. The number of carbonyl (C=O) groups is 2. The minimum Gasteiger partial charge on any atom is -0.397 e. The SMILES string of the molecule is CCN(CC)c1ccc(NC(=O)NC(CCCN(C)C)c2ccc(C(=O)Nc3ccccc3N)nc2)cc1. The number of pyridine rings is 1. The molecule has 0 aliphatic carbocycles. The van der Waals surface area contributed by atoms with Crippen molar-refractivity contribution < 1.29 is 9.59 Å². The number of aromatic nitrogens is 1. The van der Waals surface area contributed by atoms with Gasteiger partial charge in [-0.05, 0) is 95.4 Å². The lowest BCUT2D eigenvalue weighted by molar-refractivity contribution is 0.102. The fourth-order valence-corrected chi connectivity index (χ4v) is 4.15. The molecule has 0 fully saturated rings. The second kappa shape index (κ2) is 14.0. The molecule has 1 unspecified atom stereocenters. The highest BCUT2D eigenvalue weighted by molar-refractivity contribution is 6.04. The van der Waals surface area contributed by atoms with Crippen molar-refractivity contribution in [3.8, 4) is 0 Å². The van der Waals surface area contributed by atoms with Gasteiger partial charge in [-0.1, -0.05) is 18.2 Å². The quantitative estimate of drug-likeness (QED) is 0.252. The van der Waals surface area contributed by atoms with Crippen LogP contribution in [0.25, 0.3) is 0 Å². The molecule has 1 heterocycles. The third-order valence-electron chi connectivity index (χ3n) is 6.29. The summed E-state index contributed by atoms with van der Waals surface area (Å²) in [4.78, 5) is 34.3. The number of nitrogen functional groups attached to an aromatic ring is 1. The zero-order chi connectivity index (χ0) is 27.5. The van der Waals surface area contributed by atoms with Crippen molar-refractivity contribution in [3.63, 3.8) is 0 Å². The van der Waals surface area contributed by atoms with Crippen LogP contribution in [0.2, 0.25) is 0 Å². The Hall–Kier alpha value is -4.11. The first kappa shape index (κ1) is 28.5. The minimum absolute atomic E-state index is 0.265. The van der Waals surface area contributed by atoms with Crippen LogP contribution < -0.4 is 26.6 Å². The van der Waals surface area contributed by atoms with E-state index < -0.39 is 0 Å². The molecule has 0 saturated heterocycles. The van der Waals surface area contributed by atoms with Crippen molar-refractivity contribution in [2.45, 2.75) is 32.7 Å². The van der Waals surface area contributed by atoms with Crippen LogP contribution in [0.1, 0.15) is 48.8 Å². The second-order valence-corrected chi connectivity index (χ2v) is 9.33. The molecule has 1 aromatic heterocycles. The van der Waals surface area contributed by atoms with Gasteiger partial charge in [0.05, 0.1) is 17.4 Å². The molecule has 38 heavy (non-hydrogen) atoms. The molecule has 0 aliphatic heterocycles. The van der Waals surface area contributed by atoms with Gasteiger partial charge in [-0.3, -0.25) is 9.78 Å². The van der Waals surface area contributed by atoms with Crippen molar-refractivity contribution >= 4 is 34.7 Å². The van der Waals surface area contributed by atoms with Gasteiger partial charge in [0.2, 0.25) is 0 Å². The lowest BCUT2D eigenvalue weighted by Crippen LogP contribution is -2.33. The van der Waals surface area contributed by atoms with E-state index in [1.807, 2.05) is 44.4 Å². The third-order valence-corrected chi connectivity index (χ3v) is 6.29. The Morgan fingerprint density at radius 2 is 1.66 bits per heavy atom. The zero-order valence-electron chi connectivity index (χ0n) is 22.7. The van der Waals surface area contributed by atoms with Crippen LogP contribution in [0.15, 0.2) is 66.9 Å². The number of para-hydroxylation sites is 2. The molecule has 9 heteroatoms. The van der Waals surface area contributed by atoms with Crippen LogP contribution in [0, 0.1) is 0 Å². The Kier molecular flexibility index (Phi) is 10.5. The molecule has 0 spiro atoms. The summed E-state index contributed by atoms with van der Waals surface area (Å²) >= 11 is 0. The van der Waals surface area contributed by atoms with Crippen LogP contribution in [0.4, 0.5) is 27.5 Å². The zero-order valence-corrected chi connectivity index (χ0v) is 22.7. The van der Waals surface area contributed by atoms with E-state index in [4.69, 9.17) is 5.73 Å². The highest BCUT2D eigenvalue weighted by Crippen LogP contribution is 2.22. The average Bonchev–Trinajstić information content (AvgIpc) is 2.91. The molecule has 0 bridgehead atoms. The van der Waals surface area contributed by atoms with E-state index in [9.17, 15) is 9.59 Å². The first-order valence-corrected chi connectivity index (χ1v) is 13.0. The first-order valence-electron chi connectivity index (χ1n) is 13.0. The average molecular weight is 518 g/mol.